The first-order valence-corrected chi connectivity index (χ1v) is 10.1. The Hall–Kier alpha value is -2.42. The van der Waals surface area contributed by atoms with Crippen molar-refractivity contribution >= 4 is 34.4 Å². The molecule has 0 saturated carbocycles. The molecule has 0 spiro atoms. The molecule has 144 valence electrons. The van der Waals surface area contributed by atoms with Crippen LogP contribution in [0.1, 0.15) is 5.82 Å². The van der Waals surface area contributed by atoms with Crippen LogP contribution >= 0.6 is 23.4 Å². The van der Waals surface area contributed by atoms with Crippen molar-refractivity contribution < 1.29 is 4.74 Å². The van der Waals surface area contributed by atoms with Gasteiger partial charge in [0.15, 0.2) is 11.0 Å². The van der Waals surface area contributed by atoms with Gasteiger partial charge >= 0.3 is 0 Å². The standard InChI is InChI=1S/C19H19ClN6OS/c1-25-16-4-3-14(20)11-15(16)22-17(25)12-28-19-24-23-18(26(19)9-10-27-2)13-5-7-21-8-6-13/h3-8,11H,9-10,12H2,1-2H3. The summed E-state index contributed by atoms with van der Waals surface area (Å²) in [5.41, 5.74) is 2.92. The van der Waals surface area contributed by atoms with Gasteiger partial charge in [-0.2, -0.15) is 0 Å². The molecule has 0 atom stereocenters. The number of ether oxygens (including phenoxy) is 1. The first-order valence-electron chi connectivity index (χ1n) is 8.73. The van der Waals surface area contributed by atoms with E-state index in [-0.39, 0.29) is 0 Å². The fourth-order valence-electron chi connectivity index (χ4n) is 2.98. The number of fused-ring (bicyclic) bond motifs is 1. The minimum absolute atomic E-state index is 0.578. The summed E-state index contributed by atoms with van der Waals surface area (Å²) in [6.45, 7) is 1.25. The maximum Gasteiger partial charge on any atom is 0.192 e. The number of halogens is 1. The Balaban J connectivity index is 1.61. The van der Waals surface area contributed by atoms with Gasteiger partial charge in [0.1, 0.15) is 5.82 Å². The number of thioether (sulfide) groups is 1. The molecular formula is C19H19ClN6OS. The van der Waals surface area contributed by atoms with Crippen molar-refractivity contribution in [3.63, 3.8) is 0 Å². The molecule has 0 aliphatic carbocycles. The largest absolute Gasteiger partial charge is 0.383 e. The molecule has 0 fully saturated rings. The highest BCUT2D eigenvalue weighted by molar-refractivity contribution is 7.98. The number of hydrogen-bond donors (Lipinski definition) is 0. The van der Waals surface area contributed by atoms with Gasteiger partial charge < -0.3 is 9.30 Å². The monoisotopic (exact) mass is 414 g/mol. The number of rotatable bonds is 7. The third kappa shape index (κ3) is 3.76. The summed E-state index contributed by atoms with van der Waals surface area (Å²) in [5, 5.41) is 10.3. The van der Waals surface area contributed by atoms with E-state index >= 15 is 0 Å². The SMILES string of the molecule is COCCn1c(SCc2nc3cc(Cl)ccc3n2C)nnc1-c1ccncc1. The van der Waals surface area contributed by atoms with Gasteiger partial charge in [-0.3, -0.25) is 9.55 Å². The zero-order valence-electron chi connectivity index (χ0n) is 15.5. The summed E-state index contributed by atoms with van der Waals surface area (Å²) in [4.78, 5) is 8.79. The number of nitrogens with zero attached hydrogens (tertiary/aromatic N) is 6. The molecule has 0 saturated heterocycles. The molecule has 0 bridgehead atoms. The highest BCUT2D eigenvalue weighted by atomic mass is 35.5. The first kappa shape index (κ1) is 18.9. The van der Waals surface area contributed by atoms with E-state index in [1.807, 2.05) is 37.4 Å². The minimum atomic E-state index is 0.578. The van der Waals surface area contributed by atoms with Gasteiger partial charge in [0, 0.05) is 37.1 Å². The predicted octanol–water partition coefficient (Wildman–Crippen LogP) is 3.82. The quantitative estimate of drug-likeness (QED) is 0.428. The fourth-order valence-corrected chi connectivity index (χ4v) is 4.09. The molecule has 3 heterocycles. The summed E-state index contributed by atoms with van der Waals surface area (Å²) in [6, 6.07) is 9.61. The Labute approximate surface area is 171 Å². The molecule has 0 aliphatic heterocycles. The second kappa shape index (κ2) is 8.30. The van der Waals surface area contributed by atoms with E-state index in [2.05, 4.69) is 24.3 Å². The van der Waals surface area contributed by atoms with Crippen molar-refractivity contribution in [3.05, 3.63) is 53.6 Å². The Morgan fingerprint density at radius 3 is 2.75 bits per heavy atom. The number of hydrogen-bond acceptors (Lipinski definition) is 6. The van der Waals surface area contributed by atoms with E-state index in [0.717, 1.165) is 33.4 Å². The minimum Gasteiger partial charge on any atom is -0.383 e. The second-order valence-electron chi connectivity index (χ2n) is 6.20. The Bertz CT molecular complexity index is 1090. The van der Waals surface area contributed by atoms with E-state index in [1.165, 1.54) is 0 Å². The molecular weight excluding hydrogens is 396 g/mol. The van der Waals surface area contributed by atoms with E-state index in [0.29, 0.717) is 23.9 Å². The zero-order valence-corrected chi connectivity index (χ0v) is 17.1. The van der Waals surface area contributed by atoms with E-state index in [4.69, 9.17) is 21.3 Å². The molecule has 1 aromatic carbocycles. The number of imidazole rings is 1. The molecule has 0 radical (unpaired) electrons. The van der Waals surface area contributed by atoms with Crippen LogP contribution in [0.2, 0.25) is 5.02 Å². The number of aromatic nitrogens is 6. The molecule has 7 nitrogen and oxygen atoms in total. The third-order valence-corrected chi connectivity index (χ3v) is 5.64. The third-order valence-electron chi connectivity index (χ3n) is 4.44. The zero-order chi connectivity index (χ0) is 19.5. The maximum atomic E-state index is 6.09. The van der Waals surface area contributed by atoms with Gasteiger partial charge in [-0.15, -0.1) is 10.2 Å². The van der Waals surface area contributed by atoms with E-state index in [1.54, 1.807) is 31.3 Å². The predicted molar refractivity (Wildman–Crippen MR) is 110 cm³/mol. The smallest absolute Gasteiger partial charge is 0.192 e. The van der Waals surface area contributed by atoms with Crippen LogP contribution in [0.25, 0.3) is 22.4 Å². The van der Waals surface area contributed by atoms with Crippen LogP contribution < -0.4 is 0 Å². The topological polar surface area (TPSA) is 70.7 Å². The van der Waals surface area contributed by atoms with Gasteiger partial charge in [0.25, 0.3) is 0 Å². The lowest BCUT2D eigenvalue weighted by atomic mass is 10.2. The summed E-state index contributed by atoms with van der Waals surface area (Å²) in [7, 11) is 3.70. The number of methoxy groups -OCH3 is 1. The van der Waals surface area contributed by atoms with Crippen LogP contribution in [0.4, 0.5) is 0 Å². The lowest BCUT2D eigenvalue weighted by Gasteiger charge is -2.09. The van der Waals surface area contributed by atoms with E-state index < -0.39 is 0 Å². The lowest BCUT2D eigenvalue weighted by molar-refractivity contribution is 0.185. The number of pyridine rings is 1. The van der Waals surface area contributed by atoms with Crippen molar-refractivity contribution in [1.29, 1.82) is 0 Å². The summed E-state index contributed by atoms with van der Waals surface area (Å²) in [5.74, 6) is 2.43. The van der Waals surface area contributed by atoms with Crippen LogP contribution in [-0.2, 0) is 24.1 Å². The van der Waals surface area contributed by atoms with Crippen molar-refractivity contribution in [3.8, 4) is 11.4 Å². The van der Waals surface area contributed by atoms with Crippen molar-refractivity contribution in [1.82, 2.24) is 29.3 Å². The highest BCUT2D eigenvalue weighted by Crippen LogP contribution is 2.27. The van der Waals surface area contributed by atoms with Gasteiger partial charge in [0.2, 0.25) is 0 Å². The Morgan fingerprint density at radius 2 is 1.96 bits per heavy atom. The van der Waals surface area contributed by atoms with Crippen molar-refractivity contribution in [2.45, 2.75) is 17.5 Å². The maximum absolute atomic E-state index is 6.09. The van der Waals surface area contributed by atoms with Crippen LogP contribution in [0, 0.1) is 0 Å². The molecule has 4 aromatic rings. The number of aryl methyl sites for hydroxylation is 1. The number of benzene rings is 1. The first-order chi connectivity index (χ1) is 13.7. The fraction of sp³-hybridized carbons (Fsp3) is 0.263. The van der Waals surface area contributed by atoms with Crippen LogP contribution in [0.3, 0.4) is 0 Å². The van der Waals surface area contributed by atoms with Crippen LogP contribution in [-0.4, -0.2) is 43.0 Å². The molecule has 0 aliphatic rings. The van der Waals surface area contributed by atoms with Gasteiger partial charge in [-0.25, -0.2) is 4.98 Å². The summed E-state index contributed by atoms with van der Waals surface area (Å²) >= 11 is 7.69. The summed E-state index contributed by atoms with van der Waals surface area (Å²) in [6.07, 6.45) is 3.50. The summed E-state index contributed by atoms with van der Waals surface area (Å²) < 4.78 is 9.42. The van der Waals surface area contributed by atoms with Crippen LogP contribution in [0.15, 0.2) is 47.9 Å². The molecule has 4 rings (SSSR count). The molecule has 0 amide bonds. The molecule has 3 aromatic heterocycles. The Kier molecular flexibility index (Phi) is 5.61. The van der Waals surface area contributed by atoms with Crippen molar-refractivity contribution in [2.75, 3.05) is 13.7 Å². The van der Waals surface area contributed by atoms with Gasteiger partial charge in [-0.05, 0) is 30.3 Å². The lowest BCUT2D eigenvalue weighted by Crippen LogP contribution is -2.08. The molecule has 9 heteroatoms. The normalized spacial score (nSPS) is 11.4. The highest BCUT2D eigenvalue weighted by Gasteiger charge is 2.16. The van der Waals surface area contributed by atoms with Crippen LogP contribution in [0.5, 0.6) is 0 Å². The molecule has 0 N–H and O–H groups in total. The van der Waals surface area contributed by atoms with Gasteiger partial charge in [-0.1, -0.05) is 23.4 Å². The second-order valence-corrected chi connectivity index (χ2v) is 7.57. The van der Waals surface area contributed by atoms with E-state index in [9.17, 15) is 0 Å². The molecule has 0 unspecified atom stereocenters. The molecule has 28 heavy (non-hydrogen) atoms. The average molecular weight is 415 g/mol. The van der Waals surface area contributed by atoms with Crippen molar-refractivity contribution in [2.24, 2.45) is 7.05 Å². The Morgan fingerprint density at radius 1 is 1.14 bits per heavy atom. The van der Waals surface area contributed by atoms with Gasteiger partial charge in [0.05, 0.1) is 29.9 Å². The average Bonchev–Trinajstić information content (AvgIpc) is 3.25.